The first-order chi connectivity index (χ1) is 10.5. The maximum absolute atomic E-state index is 12.2. The van der Waals surface area contributed by atoms with E-state index in [9.17, 15) is 4.79 Å². The van der Waals surface area contributed by atoms with Crippen molar-refractivity contribution in [3.63, 3.8) is 0 Å². The maximum Gasteiger partial charge on any atom is 0.220 e. The third kappa shape index (κ3) is 4.33. The highest BCUT2D eigenvalue weighted by Crippen LogP contribution is 2.41. The zero-order valence-corrected chi connectivity index (χ0v) is 14.0. The molecule has 0 aliphatic heterocycles. The van der Waals surface area contributed by atoms with Gasteiger partial charge in [0.2, 0.25) is 5.91 Å². The predicted molar refractivity (Wildman–Crippen MR) is 91.7 cm³/mol. The summed E-state index contributed by atoms with van der Waals surface area (Å²) in [6.45, 7) is 5.34. The Morgan fingerprint density at radius 3 is 2.73 bits per heavy atom. The van der Waals surface area contributed by atoms with Crippen molar-refractivity contribution in [2.45, 2.75) is 70.3 Å². The molecular weight excluding hydrogens is 272 g/mol. The monoisotopic (exact) mass is 302 g/mol. The summed E-state index contributed by atoms with van der Waals surface area (Å²) >= 11 is 0. The Bertz CT molecular complexity index is 496. The zero-order chi connectivity index (χ0) is 16.0. The van der Waals surface area contributed by atoms with E-state index in [1.165, 1.54) is 11.1 Å². The first-order valence-corrected chi connectivity index (χ1v) is 8.63. The molecule has 1 aliphatic carbocycles. The van der Waals surface area contributed by atoms with Crippen molar-refractivity contribution in [1.82, 2.24) is 5.32 Å². The molecule has 3 nitrogen and oxygen atoms in total. The van der Waals surface area contributed by atoms with Gasteiger partial charge in [0.15, 0.2) is 0 Å². The highest BCUT2D eigenvalue weighted by atomic mass is 16.1. The van der Waals surface area contributed by atoms with E-state index in [-0.39, 0.29) is 17.4 Å². The summed E-state index contributed by atoms with van der Waals surface area (Å²) in [5.41, 5.74) is 8.38. The number of benzene rings is 1. The summed E-state index contributed by atoms with van der Waals surface area (Å²) in [5.74, 6) is 0.187. The second-order valence-corrected chi connectivity index (χ2v) is 7.08. The van der Waals surface area contributed by atoms with Crippen LogP contribution >= 0.6 is 0 Å². The quantitative estimate of drug-likeness (QED) is 0.752. The van der Waals surface area contributed by atoms with Crippen LogP contribution in [-0.2, 0) is 10.2 Å². The maximum atomic E-state index is 12.2. The van der Waals surface area contributed by atoms with Gasteiger partial charge in [0, 0.05) is 6.42 Å². The van der Waals surface area contributed by atoms with Crippen LogP contribution < -0.4 is 11.1 Å². The second kappa shape index (κ2) is 7.77. The summed E-state index contributed by atoms with van der Waals surface area (Å²) in [4.78, 5) is 12.2. The average Bonchev–Trinajstić information content (AvgIpc) is 2.50. The summed E-state index contributed by atoms with van der Waals surface area (Å²) < 4.78 is 0. The normalized spacial score (nSPS) is 19.5. The predicted octanol–water partition coefficient (Wildman–Crippen LogP) is 3.82. The number of nitrogens with two attached hydrogens (primary N) is 1. The van der Waals surface area contributed by atoms with Gasteiger partial charge in [0.1, 0.15) is 0 Å². The van der Waals surface area contributed by atoms with Crippen molar-refractivity contribution in [2.24, 2.45) is 5.73 Å². The van der Waals surface area contributed by atoms with Gasteiger partial charge in [-0.2, -0.15) is 0 Å². The first kappa shape index (κ1) is 17.0. The Labute approximate surface area is 134 Å². The first-order valence-electron chi connectivity index (χ1n) is 8.63. The van der Waals surface area contributed by atoms with E-state index in [2.05, 4.69) is 43.4 Å². The fourth-order valence-electron chi connectivity index (χ4n) is 3.41. The molecule has 0 aromatic heterocycles. The molecule has 3 heteroatoms. The fourth-order valence-corrected chi connectivity index (χ4v) is 3.41. The van der Waals surface area contributed by atoms with E-state index in [0.29, 0.717) is 6.42 Å². The number of carbonyl (C=O) groups excluding carboxylic acids is 1. The van der Waals surface area contributed by atoms with Crippen molar-refractivity contribution < 1.29 is 4.79 Å². The SMILES string of the molecule is CC1(C)CCC(NC(=O)CCCCCCN)c2ccccc21. The molecule has 1 aromatic rings. The molecule has 0 heterocycles. The van der Waals surface area contributed by atoms with Crippen molar-refractivity contribution in [3.8, 4) is 0 Å². The molecule has 1 amide bonds. The molecule has 22 heavy (non-hydrogen) atoms. The van der Waals surface area contributed by atoms with Crippen LogP contribution in [0.3, 0.4) is 0 Å². The summed E-state index contributed by atoms with van der Waals surface area (Å²) in [6, 6.07) is 8.73. The Morgan fingerprint density at radius 1 is 1.23 bits per heavy atom. The summed E-state index contributed by atoms with van der Waals surface area (Å²) in [6.07, 6.45) is 7.03. The molecule has 1 unspecified atom stereocenters. The Balaban J connectivity index is 1.89. The minimum absolute atomic E-state index is 0.181. The molecule has 2 rings (SSSR count). The molecule has 0 bridgehead atoms. The lowest BCUT2D eigenvalue weighted by atomic mass is 9.71. The third-order valence-electron chi connectivity index (χ3n) is 4.82. The van der Waals surface area contributed by atoms with Gasteiger partial charge in [0.05, 0.1) is 6.04 Å². The molecule has 1 aromatic carbocycles. The van der Waals surface area contributed by atoms with Crippen LogP contribution in [0.15, 0.2) is 24.3 Å². The molecular formula is C19H30N2O. The Kier molecular flexibility index (Phi) is 6.01. The summed E-state index contributed by atoms with van der Waals surface area (Å²) in [5, 5.41) is 3.24. The van der Waals surface area contributed by atoms with Crippen molar-refractivity contribution in [3.05, 3.63) is 35.4 Å². The molecule has 3 N–H and O–H groups in total. The number of carbonyl (C=O) groups is 1. The molecule has 0 spiro atoms. The van der Waals surface area contributed by atoms with Gasteiger partial charge in [-0.15, -0.1) is 0 Å². The Morgan fingerprint density at radius 2 is 1.95 bits per heavy atom. The van der Waals surface area contributed by atoms with Crippen LogP contribution in [0.1, 0.15) is 76.0 Å². The number of hydrogen-bond acceptors (Lipinski definition) is 2. The minimum atomic E-state index is 0.181. The Hall–Kier alpha value is -1.35. The van der Waals surface area contributed by atoms with Crippen LogP contribution in [0.25, 0.3) is 0 Å². The van der Waals surface area contributed by atoms with Crippen molar-refractivity contribution >= 4 is 5.91 Å². The lowest BCUT2D eigenvalue weighted by Crippen LogP contribution is -2.35. The third-order valence-corrected chi connectivity index (χ3v) is 4.82. The number of fused-ring (bicyclic) bond motifs is 1. The number of rotatable bonds is 7. The van der Waals surface area contributed by atoms with Gasteiger partial charge in [0.25, 0.3) is 0 Å². The van der Waals surface area contributed by atoms with E-state index in [4.69, 9.17) is 5.73 Å². The van der Waals surface area contributed by atoms with Crippen LogP contribution in [0.4, 0.5) is 0 Å². The van der Waals surface area contributed by atoms with E-state index in [1.807, 2.05) is 0 Å². The molecule has 0 radical (unpaired) electrons. The van der Waals surface area contributed by atoms with Crippen LogP contribution in [-0.4, -0.2) is 12.5 Å². The highest BCUT2D eigenvalue weighted by Gasteiger charge is 2.32. The minimum Gasteiger partial charge on any atom is -0.349 e. The molecule has 0 fully saturated rings. The summed E-state index contributed by atoms with van der Waals surface area (Å²) in [7, 11) is 0. The van der Waals surface area contributed by atoms with Gasteiger partial charge < -0.3 is 11.1 Å². The molecule has 122 valence electrons. The molecule has 0 saturated heterocycles. The number of nitrogens with one attached hydrogen (secondary N) is 1. The second-order valence-electron chi connectivity index (χ2n) is 7.08. The van der Waals surface area contributed by atoms with Crippen molar-refractivity contribution in [2.75, 3.05) is 6.54 Å². The van der Waals surface area contributed by atoms with E-state index in [1.54, 1.807) is 0 Å². The van der Waals surface area contributed by atoms with Gasteiger partial charge in [-0.25, -0.2) is 0 Å². The van der Waals surface area contributed by atoms with Crippen LogP contribution in [0.2, 0.25) is 0 Å². The lowest BCUT2D eigenvalue weighted by molar-refractivity contribution is -0.122. The zero-order valence-electron chi connectivity index (χ0n) is 14.0. The molecule has 1 aliphatic rings. The lowest BCUT2D eigenvalue weighted by Gasteiger charge is -2.37. The van der Waals surface area contributed by atoms with Gasteiger partial charge in [-0.05, 0) is 48.8 Å². The molecule has 1 atom stereocenters. The average molecular weight is 302 g/mol. The van der Waals surface area contributed by atoms with Crippen molar-refractivity contribution in [1.29, 1.82) is 0 Å². The van der Waals surface area contributed by atoms with E-state index in [0.717, 1.165) is 45.1 Å². The fraction of sp³-hybridized carbons (Fsp3) is 0.632. The van der Waals surface area contributed by atoms with Gasteiger partial charge in [-0.3, -0.25) is 4.79 Å². The van der Waals surface area contributed by atoms with Crippen LogP contribution in [0, 0.1) is 0 Å². The molecule has 0 saturated carbocycles. The highest BCUT2D eigenvalue weighted by molar-refractivity contribution is 5.76. The largest absolute Gasteiger partial charge is 0.349 e. The van der Waals surface area contributed by atoms with Gasteiger partial charge in [-0.1, -0.05) is 51.0 Å². The number of amides is 1. The topological polar surface area (TPSA) is 55.1 Å². The standard InChI is InChI=1S/C19H30N2O/c1-19(2)13-12-17(15-9-6-7-10-16(15)19)21-18(22)11-5-3-4-8-14-20/h6-7,9-10,17H,3-5,8,11-14,20H2,1-2H3,(H,21,22). The van der Waals surface area contributed by atoms with E-state index >= 15 is 0 Å². The van der Waals surface area contributed by atoms with E-state index < -0.39 is 0 Å². The van der Waals surface area contributed by atoms with Gasteiger partial charge >= 0.3 is 0 Å². The number of hydrogen-bond donors (Lipinski definition) is 2. The van der Waals surface area contributed by atoms with Crippen LogP contribution in [0.5, 0.6) is 0 Å². The smallest absolute Gasteiger partial charge is 0.220 e. The number of unbranched alkanes of at least 4 members (excludes halogenated alkanes) is 3.